The molecule has 94 valence electrons. The van der Waals surface area contributed by atoms with E-state index in [9.17, 15) is 10.1 Å². The molecule has 0 heterocycles. The molecule has 0 aliphatic carbocycles. The van der Waals surface area contributed by atoms with Crippen LogP contribution < -0.4 is 10.1 Å². The van der Waals surface area contributed by atoms with Crippen LogP contribution in [0.2, 0.25) is 0 Å². The van der Waals surface area contributed by atoms with Crippen molar-refractivity contribution >= 4 is 23.1 Å². The number of methoxy groups -OCH3 is 1. The van der Waals surface area contributed by atoms with Crippen molar-refractivity contribution in [2.24, 2.45) is 0 Å². The molecule has 1 N–H and O–H groups in total. The van der Waals surface area contributed by atoms with Crippen LogP contribution >= 0.6 is 11.8 Å². The molecule has 6 heteroatoms. The highest BCUT2D eigenvalue weighted by Gasteiger charge is 2.17. The van der Waals surface area contributed by atoms with E-state index in [2.05, 4.69) is 12.2 Å². The Morgan fingerprint density at radius 2 is 2.24 bits per heavy atom. The minimum absolute atomic E-state index is 0.0326. The summed E-state index contributed by atoms with van der Waals surface area (Å²) < 4.78 is 5.18. The third-order valence-corrected chi connectivity index (χ3v) is 3.45. The topological polar surface area (TPSA) is 64.4 Å². The normalized spacial score (nSPS) is 10.1. The Morgan fingerprint density at radius 3 is 2.71 bits per heavy atom. The monoisotopic (exact) mass is 256 g/mol. The van der Waals surface area contributed by atoms with Gasteiger partial charge in [0.25, 0.3) is 5.69 Å². The molecule has 0 spiro atoms. The Kier molecular flexibility index (Phi) is 5.09. The van der Waals surface area contributed by atoms with Crippen molar-refractivity contribution in [3.05, 3.63) is 22.2 Å². The molecule has 1 aromatic carbocycles. The Bertz CT molecular complexity index is 410. The summed E-state index contributed by atoms with van der Waals surface area (Å²) in [6.07, 6.45) is 1.04. The number of nitrogens with one attached hydrogen (secondary N) is 1. The first-order chi connectivity index (χ1) is 8.13. The average Bonchev–Trinajstić information content (AvgIpc) is 2.34. The Hall–Kier alpha value is -1.43. The van der Waals surface area contributed by atoms with Gasteiger partial charge in [0.2, 0.25) is 0 Å². The minimum Gasteiger partial charge on any atom is -0.495 e. The maximum absolute atomic E-state index is 10.9. The van der Waals surface area contributed by atoms with E-state index in [1.807, 2.05) is 0 Å². The van der Waals surface area contributed by atoms with Gasteiger partial charge in [-0.2, -0.15) is 0 Å². The van der Waals surface area contributed by atoms with E-state index in [-0.39, 0.29) is 5.69 Å². The van der Waals surface area contributed by atoms with Crippen molar-refractivity contribution in [3.63, 3.8) is 0 Å². The number of ether oxygens (including phenoxy) is 1. The lowest BCUT2D eigenvalue weighted by Crippen LogP contribution is -1.98. The molecule has 0 aliphatic rings. The highest BCUT2D eigenvalue weighted by molar-refractivity contribution is 7.99. The summed E-state index contributed by atoms with van der Waals surface area (Å²) in [6, 6.07) is 3.22. The zero-order chi connectivity index (χ0) is 12.8. The highest BCUT2D eigenvalue weighted by Crippen LogP contribution is 2.38. The highest BCUT2D eigenvalue weighted by atomic mass is 32.2. The fraction of sp³-hybridized carbons (Fsp3) is 0.455. The molecule has 0 amide bonds. The van der Waals surface area contributed by atoms with Crippen molar-refractivity contribution in [2.45, 2.75) is 18.2 Å². The number of nitro groups is 1. The predicted octanol–water partition coefficient (Wildman–Crippen LogP) is 3.15. The quantitative estimate of drug-likeness (QED) is 0.481. The van der Waals surface area contributed by atoms with Gasteiger partial charge in [-0.05, 0) is 18.2 Å². The molecular weight excluding hydrogens is 240 g/mol. The Balaban J connectivity index is 3.17. The molecule has 0 unspecified atom stereocenters. The zero-order valence-electron chi connectivity index (χ0n) is 10.1. The van der Waals surface area contributed by atoms with Gasteiger partial charge >= 0.3 is 0 Å². The van der Waals surface area contributed by atoms with Crippen molar-refractivity contribution in [2.75, 3.05) is 25.2 Å². The molecule has 0 fully saturated rings. The SMILES string of the molecule is CCCSc1cc(NC)c([N+](=O)[O-])cc1OC. The number of anilines is 1. The van der Waals surface area contributed by atoms with Crippen LogP contribution in [-0.4, -0.2) is 24.8 Å². The smallest absolute Gasteiger partial charge is 0.296 e. The number of hydrogen-bond acceptors (Lipinski definition) is 5. The molecule has 5 nitrogen and oxygen atoms in total. The first kappa shape index (κ1) is 13.6. The van der Waals surface area contributed by atoms with Crippen LogP contribution in [0.5, 0.6) is 5.75 Å². The molecule has 1 rings (SSSR count). The van der Waals surface area contributed by atoms with E-state index in [0.717, 1.165) is 17.1 Å². The molecule has 1 aromatic rings. The van der Waals surface area contributed by atoms with Gasteiger partial charge in [-0.3, -0.25) is 10.1 Å². The van der Waals surface area contributed by atoms with Crippen molar-refractivity contribution in [1.82, 2.24) is 0 Å². The second-order valence-electron chi connectivity index (χ2n) is 3.38. The fourth-order valence-electron chi connectivity index (χ4n) is 1.38. The molecule has 0 aliphatic heterocycles. The summed E-state index contributed by atoms with van der Waals surface area (Å²) in [6.45, 7) is 2.09. The van der Waals surface area contributed by atoms with Crippen LogP contribution in [-0.2, 0) is 0 Å². The molecule has 0 atom stereocenters. The van der Waals surface area contributed by atoms with Gasteiger partial charge in [-0.1, -0.05) is 6.92 Å². The fourth-order valence-corrected chi connectivity index (χ4v) is 2.29. The standard InChI is InChI=1S/C11H16N2O3S/c1-4-5-17-11-6-8(12-2)9(13(14)15)7-10(11)16-3/h6-7,12H,4-5H2,1-3H3. The Labute approximate surface area is 105 Å². The van der Waals surface area contributed by atoms with Crippen LogP contribution in [0.25, 0.3) is 0 Å². The lowest BCUT2D eigenvalue weighted by molar-refractivity contribution is -0.384. The van der Waals surface area contributed by atoms with E-state index < -0.39 is 4.92 Å². The van der Waals surface area contributed by atoms with Crippen LogP contribution in [0.15, 0.2) is 17.0 Å². The summed E-state index contributed by atoms with van der Waals surface area (Å²) in [4.78, 5) is 11.4. The largest absolute Gasteiger partial charge is 0.495 e. The van der Waals surface area contributed by atoms with Gasteiger partial charge in [0.1, 0.15) is 11.4 Å². The van der Waals surface area contributed by atoms with E-state index in [1.54, 1.807) is 24.9 Å². The van der Waals surface area contributed by atoms with E-state index in [0.29, 0.717) is 11.4 Å². The summed E-state index contributed by atoms with van der Waals surface area (Å²) in [5.41, 5.74) is 0.541. The third-order valence-electron chi connectivity index (χ3n) is 2.21. The second-order valence-corrected chi connectivity index (χ2v) is 4.51. The van der Waals surface area contributed by atoms with E-state index >= 15 is 0 Å². The van der Waals surface area contributed by atoms with Crippen molar-refractivity contribution in [3.8, 4) is 5.75 Å². The Morgan fingerprint density at radius 1 is 1.53 bits per heavy atom. The van der Waals surface area contributed by atoms with Crippen molar-refractivity contribution in [1.29, 1.82) is 0 Å². The maximum atomic E-state index is 10.9. The van der Waals surface area contributed by atoms with Gasteiger partial charge in [-0.15, -0.1) is 11.8 Å². The van der Waals surface area contributed by atoms with Gasteiger partial charge in [0.05, 0.1) is 23.0 Å². The summed E-state index contributed by atoms with van der Waals surface area (Å²) in [7, 11) is 3.19. The lowest BCUT2D eigenvalue weighted by Gasteiger charge is -2.10. The second kappa shape index (κ2) is 6.34. The van der Waals surface area contributed by atoms with Crippen LogP contribution in [0.1, 0.15) is 13.3 Å². The van der Waals surface area contributed by atoms with E-state index in [4.69, 9.17) is 4.74 Å². The van der Waals surface area contributed by atoms with Gasteiger partial charge in [0.15, 0.2) is 0 Å². The summed E-state index contributed by atoms with van der Waals surface area (Å²) in [5, 5.41) is 13.7. The van der Waals surface area contributed by atoms with Gasteiger partial charge in [-0.25, -0.2) is 0 Å². The van der Waals surface area contributed by atoms with E-state index in [1.165, 1.54) is 13.2 Å². The number of thioether (sulfide) groups is 1. The lowest BCUT2D eigenvalue weighted by atomic mass is 10.2. The molecular formula is C11H16N2O3S. The average molecular weight is 256 g/mol. The van der Waals surface area contributed by atoms with Crippen molar-refractivity contribution < 1.29 is 9.66 Å². The van der Waals surface area contributed by atoms with Gasteiger partial charge < -0.3 is 10.1 Å². The third kappa shape index (κ3) is 3.26. The number of nitrogens with zero attached hydrogens (tertiary/aromatic N) is 1. The molecule has 0 saturated heterocycles. The molecule has 0 bridgehead atoms. The van der Waals surface area contributed by atoms with Crippen LogP contribution in [0.3, 0.4) is 0 Å². The zero-order valence-corrected chi connectivity index (χ0v) is 11.0. The molecule has 0 radical (unpaired) electrons. The van der Waals surface area contributed by atoms with Crippen LogP contribution in [0, 0.1) is 10.1 Å². The number of nitro benzene ring substituents is 1. The molecule has 0 saturated carbocycles. The number of benzene rings is 1. The molecule has 17 heavy (non-hydrogen) atoms. The minimum atomic E-state index is -0.414. The molecule has 0 aromatic heterocycles. The van der Waals surface area contributed by atoms with Crippen LogP contribution in [0.4, 0.5) is 11.4 Å². The summed E-state index contributed by atoms with van der Waals surface area (Å²) >= 11 is 1.63. The first-order valence-electron chi connectivity index (χ1n) is 5.31. The maximum Gasteiger partial charge on any atom is 0.296 e. The number of hydrogen-bond donors (Lipinski definition) is 1. The summed E-state index contributed by atoms with van der Waals surface area (Å²) in [5.74, 6) is 1.51. The number of rotatable bonds is 6. The van der Waals surface area contributed by atoms with Gasteiger partial charge in [0, 0.05) is 7.05 Å². The first-order valence-corrected chi connectivity index (χ1v) is 6.29. The predicted molar refractivity (Wildman–Crippen MR) is 70.2 cm³/mol.